The molecule has 0 bridgehead atoms. The topological polar surface area (TPSA) is 38.3 Å². The van der Waals surface area contributed by atoms with Crippen molar-refractivity contribution in [1.29, 1.82) is 0 Å². The van der Waals surface area contributed by atoms with Crippen LogP contribution < -0.4 is 5.32 Å². The van der Waals surface area contributed by atoms with Gasteiger partial charge >= 0.3 is 18.0 Å². The van der Waals surface area contributed by atoms with Crippen LogP contribution in [-0.4, -0.2) is 36.3 Å². The fourth-order valence-electron chi connectivity index (χ4n) is 1.33. The summed E-state index contributed by atoms with van der Waals surface area (Å²) in [5, 5.41) is 1.68. The van der Waals surface area contributed by atoms with E-state index < -0.39 is 29.6 Å². The minimum absolute atomic E-state index is 0.406. The van der Waals surface area contributed by atoms with Gasteiger partial charge in [0, 0.05) is 0 Å². The summed E-state index contributed by atoms with van der Waals surface area (Å²) in [5.41, 5.74) is -1.03. The van der Waals surface area contributed by atoms with E-state index >= 15 is 0 Å². The van der Waals surface area contributed by atoms with Gasteiger partial charge < -0.3 is 10.1 Å². The summed E-state index contributed by atoms with van der Waals surface area (Å²) in [4.78, 5) is 11.1. The van der Waals surface area contributed by atoms with Gasteiger partial charge in [0.1, 0.15) is 0 Å². The lowest BCUT2D eigenvalue weighted by Gasteiger charge is -2.33. The Hall–Kier alpha value is -0.920. The van der Waals surface area contributed by atoms with Crippen LogP contribution in [0.5, 0.6) is 0 Å². The molecule has 132 valence electrons. The van der Waals surface area contributed by atoms with Crippen molar-refractivity contribution in [2.75, 3.05) is 6.61 Å². The predicted octanol–water partition coefficient (Wildman–Crippen LogP) is 3.92. The standard InChI is InChI=1S/C12H18F5NO2.C2H6/c1-7(10(2,3)20-6-8-4-5-8)18-9(19)11(13,14)12(15,16)17;1-2/h7-8H,4-6H2,1-3H3,(H,18,19);1-2H3. The van der Waals surface area contributed by atoms with Gasteiger partial charge in [0.05, 0.1) is 18.2 Å². The summed E-state index contributed by atoms with van der Waals surface area (Å²) < 4.78 is 67.3. The summed E-state index contributed by atoms with van der Waals surface area (Å²) in [6.45, 7) is 8.80. The zero-order valence-electron chi connectivity index (χ0n) is 13.5. The van der Waals surface area contributed by atoms with Crippen LogP contribution in [0.3, 0.4) is 0 Å². The van der Waals surface area contributed by atoms with Crippen LogP contribution in [0.15, 0.2) is 0 Å². The van der Waals surface area contributed by atoms with Crippen molar-refractivity contribution >= 4 is 5.91 Å². The Morgan fingerprint density at radius 2 is 1.64 bits per heavy atom. The van der Waals surface area contributed by atoms with Crippen LogP contribution in [0.2, 0.25) is 0 Å². The molecule has 1 unspecified atom stereocenters. The summed E-state index contributed by atoms with van der Waals surface area (Å²) in [6.07, 6.45) is -3.87. The Bertz CT molecular complexity index is 365. The molecule has 1 aliphatic rings. The zero-order valence-corrected chi connectivity index (χ0v) is 13.5. The molecule has 1 fully saturated rings. The number of hydrogen-bond donors (Lipinski definition) is 1. The van der Waals surface area contributed by atoms with Gasteiger partial charge in [0.25, 0.3) is 0 Å². The van der Waals surface area contributed by atoms with Crippen LogP contribution >= 0.6 is 0 Å². The van der Waals surface area contributed by atoms with E-state index in [9.17, 15) is 26.7 Å². The second kappa shape index (κ2) is 7.57. The normalized spacial score (nSPS) is 17.4. The average Bonchev–Trinajstić information content (AvgIpc) is 3.21. The fourth-order valence-corrected chi connectivity index (χ4v) is 1.33. The molecular formula is C14H24F5NO2. The van der Waals surface area contributed by atoms with Gasteiger partial charge in [-0.2, -0.15) is 22.0 Å². The van der Waals surface area contributed by atoms with E-state index in [-0.39, 0.29) is 0 Å². The number of carbonyl (C=O) groups is 1. The average molecular weight is 333 g/mol. The number of rotatable bonds is 6. The molecule has 8 heteroatoms. The monoisotopic (exact) mass is 333 g/mol. The molecule has 1 N–H and O–H groups in total. The van der Waals surface area contributed by atoms with Crippen molar-refractivity contribution in [1.82, 2.24) is 5.32 Å². The third-order valence-electron chi connectivity index (χ3n) is 3.42. The molecule has 0 aliphatic heterocycles. The highest BCUT2D eigenvalue weighted by Gasteiger charge is 2.63. The van der Waals surface area contributed by atoms with Gasteiger partial charge in [-0.3, -0.25) is 4.79 Å². The molecule has 1 atom stereocenters. The van der Waals surface area contributed by atoms with Crippen molar-refractivity contribution in [2.24, 2.45) is 5.92 Å². The van der Waals surface area contributed by atoms with Crippen LogP contribution in [0, 0.1) is 5.92 Å². The number of nitrogens with one attached hydrogen (secondary N) is 1. The quantitative estimate of drug-likeness (QED) is 0.748. The Morgan fingerprint density at radius 3 is 2.00 bits per heavy atom. The maximum absolute atomic E-state index is 12.8. The maximum atomic E-state index is 12.8. The molecule has 22 heavy (non-hydrogen) atoms. The third kappa shape index (κ3) is 5.70. The first-order chi connectivity index (χ1) is 9.88. The lowest BCUT2D eigenvalue weighted by Crippen LogP contribution is -2.57. The van der Waals surface area contributed by atoms with E-state index in [1.54, 1.807) is 5.32 Å². The molecule has 1 aliphatic carbocycles. The molecule has 0 radical (unpaired) electrons. The largest absolute Gasteiger partial charge is 0.463 e. The first kappa shape index (κ1) is 21.1. The molecule has 0 aromatic rings. The summed E-state index contributed by atoms with van der Waals surface area (Å²) in [7, 11) is 0. The van der Waals surface area contributed by atoms with E-state index in [4.69, 9.17) is 4.74 Å². The maximum Gasteiger partial charge on any atom is 0.463 e. The minimum atomic E-state index is -5.91. The molecule has 0 aromatic carbocycles. The first-order valence-electron chi connectivity index (χ1n) is 7.27. The van der Waals surface area contributed by atoms with Crippen LogP contribution in [-0.2, 0) is 9.53 Å². The van der Waals surface area contributed by atoms with E-state index in [1.165, 1.54) is 20.8 Å². The van der Waals surface area contributed by atoms with Gasteiger partial charge in [-0.15, -0.1) is 0 Å². The fraction of sp³-hybridized carbons (Fsp3) is 0.929. The summed E-state index contributed by atoms with van der Waals surface area (Å²) in [6, 6.07) is -0.984. The number of ether oxygens (including phenoxy) is 1. The van der Waals surface area contributed by atoms with Gasteiger partial charge in [-0.25, -0.2) is 0 Å². The molecule has 1 rings (SSSR count). The van der Waals surface area contributed by atoms with Crippen molar-refractivity contribution in [2.45, 2.75) is 71.2 Å². The molecule has 3 nitrogen and oxygen atoms in total. The van der Waals surface area contributed by atoms with Gasteiger partial charge in [0.15, 0.2) is 0 Å². The number of halogens is 5. The van der Waals surface area contributed by atoms with E-state index in [1.807, 2.05) is 13.8 Å². The zero-order chi connectivity index (χ0) is 17.8. The second-order valence-electron chi connectivity index (χ2n) is 5.63. The predicted molar refractivity (Wildman–Crippen MR) is 72.7 cm³/mol. The minimum Gasteiger partial charge on any atom is -0.373 e. The number of carbonyl (C=O) groups excluding carboxylic acids is 1. The Labute approximate surface area is 127 Å². The lowest BCUT2D eigenvalue weighted by atomic mass is 10.00. The Balaban J connectivity index is 0.00000211. The van der Waals surface area contributed by atoms with Crippen LogP contribution in [0.1, 0.15) is 47.5 Å². The second-order valence-corrected chi connectivity index (χ2v) is 5.63. The highest BCUT2D eigenvalue weighted by atomic mass is 19.4. The third-order valence-corrected chi connectivity index (χ3v) is 3.42. The number of alkyl halides is 5. The molecule has 0 heterocycles. The van der Waals surface area contributed by atoms with E-state index in [2.05, 4.69) is 0 Å². The molecule has 1 saturated carbocycles. The molecular weight excluding hydrogens is 309 g/mol. The highest BCUT2D eigenvalue weighted by molar-refractivity contribution is 5.84. The molecule has 0 spiro atoms. The number of hydrogen-bond acceptors (Lipinski definition) is 2. The highest BCUT2D eigenvalue weighted by Crippen LogP contribution is 2.36. The SMILES string of the molecule is CC.CC(NC(=O)C(F)(F)C(F)(F)F)C(C)(C)OCC1CC1. The summed E-state index contributed by atoms with van der Waals surface area (Å²) in [5.74, 6) is -7.36. The van der Waals surface area contributed by atoms with Crippen molar-refractivity contribution in [3.63, 3.8) is 0 Å². The van der Waals surface area contributed by atoms with Gasteiger partial charge in [-0.1, -0.05) is 13.8 Å². The molecule has 0 aromatic heterocycles. The van der Waals surface area contributed by atoms with Gasteiger partial charge in [0.2, 0.25) is 0 Å². The Kier molecular flexibility index (Phi) is 7.25. The van der Waals surface area contributed by atoms with Crippen molar-refractivity contribution < 1.29 is 31.5 Å². The van der Waals surface area contributed by atoms with Crippen LogP contribution in [0.25, 0.3) is 0 Å². The van der Waals surface area contributed by atoms with Crippen molar-refractivity contribution in [3.8, 4) is 0 Å². The van der Waals surface area contributed by atoms with E-state index in [0.29, 0.717) is 12.5 Å². The first-order valence-corrected chi connectivity index (χ1v) is 7.27. The number of amides is 1. The Morgan fingerprint density at radius 1 is 1.18 bits per heavy atom. The van der Waals surface area contributed by atoms with Gasteiger partial charge in [-0.05, 0) is 39.5 Å². The molecule has 0 saturated heterocycles. The van der Waals surface area contributed by atoms with E-state index in [0.717, 1.165) is 12.8 Å². The smallest absolute Gasteiger partial charge is 0.373 e. The summed E-state index contributed by atoms with van der Waals surface area (Å²) >= 11 is 0. The van der Waals surface area contributed by atoms with Crippen LogP contribution in [0.4, 0.5) is 22.0 Å². The van der Waals surface area contributed by atoms with Crippen molar-refractivity contribution in [3.05, 3.63) is 0 Å². The molecule has 1 amide bonds. The lowest BCUT2D eigenvalue weighted by molar-refractivity contribution is -0.270.